The van der Waals surface area contributed by atoms with E-state index in [1.54, 1.807) is 12.1 Å². The highest BCUT2D eigenvalue weighted by molar-refractivity contribution is 5.47. The van der Waals surface area contributed by atoms with Crippen molar-refractivity contribution < 1.29 is 4.39 Å². The molecule has 2 rings (SSSR count). The summed E-state index contributed by atoms with van der Waals surface area (Å²) in [6, 6.07) is 7.37. The quantitative estimate of drug-likeness (QED) is 0.806. The molecule has 1 aromatic rings. The molecule has 2 nitrogen and oxygen atoms in total. The molecule has 1 heterocycles. The maximum atomic E-state index is 13.3. The van der Waals surface area contributed by atoms with Crippen molar-refractivity contribution in [3.05, 3.63) is 30.1 Å². The largest absolute Gasteiger partial charge is 0.370 e. The molecule has 94 valence electrons. The summed E-state index contributed by atoms with van der Waals surface area (Å²) in [5, 5.41) is 3.60. The highest BCUT2D eigenvalue weighted by atomic mass is 19.1. The van der Waals surface area contributed by atoms with Crippen LogP contribution in [-0.2, 0) is 0 Å². The predicted molar refractivity (Wildman–Crippen MR) is 69.9 cm³/mol. The van der Waals surface area contributed by atoms with Gasteiger partial charge in [0, 0.05) is 30.4 Å². The van der Waals surface area contributed by atoms with Gasteiger partial charge in [-0.25, -0.2) is 4.39 Å². The normalized spacial score (nSPS) is 24.5. The van der Waals surface area contributed by atoms with Crippen molar-refractivity contribution >= 4 is 5.69 Å². The van der Waals surface area contributed by atoms with E-state index in [2.05, 4.69) is 31.0 Å². The van der Waals surface area contributed by atoms with Crippen LogP contribution in [0.25, 0.3) is 0 Å². The van der Waals surface area contributed by atoms with Crippen molar-refractivity contribution in [1.29, 1.82) is 0 Å². The van der Waals surface area contributed by atoms with Gasteiger partial charge in [-0.05, 0) is 45.4 Å². The highest BCUT2D eigenvalue weighted by Gasteiger charge is 2.27. The van der Waals surface area contributed by atoms with Crippen LogP contribution in [-0.4, -0.2) is 24.7 Å². The van der Waals surface area contributed by atoms with Crippen LogP contribution in [0.1, 0.15) is 27.2 Å². The average Bonchev–Trinajstić information content (AvgIpc) is 2.36. The number of nitrogens with one attached hydrogen (secondary N) is 1. The number of hydrogen-bond acceptors (Lipinski definition) is 2. The Hall–Kier alpha value is -1.09. The van der Waals surface area contributed by atoms with Crippen LogP contribution in [0.4, 0.5) is 10.1 Å². The molecule has 1 saturated heterocycles. The van der Waals surface area contributed by atoms with Gasteiger partial charge in [0.1, 0.15) is 5.82 Å². The van der Waals surface area contributed by atoms with Crippen LogP contribution in [0, 0.1) is 5.82 Å². The van der Waals surface area contributed by atoms with E-state index in [1.165, 1.54) is 6.07 Å². The number of hydrogen-bond donors (Lipinski definition) is 1. The van der Waals surface area contributed by atoms with E-state index < -0.39 is 0 Å². The molecule has 3 heteroatoms. The number of rotatable bonds is 1. The summed E-state index contributed by atoms with van der Waals surface area (Å²) in [6.07, 6.45) is 1.08. The molecule has 1 atom stereocenters. The van der Waals surface area contributed by atoms with Gasteiger partial charge in [0.05, 0.1) is 0 Å². The molecule has 1 aliphatic heterocycles. The third kappa shape index (κ3) is 3.19. The SMILES string of the molecule is CC1CCN(c2cccc(F)c2)CC(C)(C)N1. The van der Waals surface area contributed by atoms with Crippen LogP contribution in [0.15, 0.2) is 24.3 Å². The standard InChI is InChI=1S/C14H21FN2/c1-11-7-8-17(10-14(2,3)16-11)13-6-4-5-12(15)9-13/h4-6,9,11,16H,7-8,10H2,1-3H3. The first-order valence-electron chi connectivity index (χ1n) is 6.24. The Bertz CT molecular complexity index is 390. The van der Waals surface area contributed by atoms with Gasteiger partial charge in [-0.1, -0.05) is 6.07 Å². The highest BCUT2D eigenvalue weighted by Crippen LogP contribution is 2.22. The van der Waals surface area contributed by atoms with E-state index in [-0.39, 0.29) is 11.4 Å². The van der Waals surface area contributed by atoms with E-state index in [9.17, 15) is 4.39 Å². The van der Waals surface area contributed by atoms with E-state index in [4.69, 9.17) is 0 Å². The maximum absolute atomic E-state index is 13.3. The molecular formula is C14H21FN2. The lowest BCUT2D eigenvalue weighted by Gasteiger charge is -2.32. The molecule has 0 aliphatic carbocycles. The summed E-state index contributed by atoms with van der Waals surface area (Å²) in [6.45, 7) is 8.47. The van der Waals surface area contributed by atoms with Crippen LogP contribution >= 0.6 is 0 Å². The van der Waals surface area contributed by atoms with Crippen LogP contribution in [0.3, 0.4) is 0 Å². The second kappa shape index (κ2) is 4.65. The molecule has 0 bridgehead atoms. The second-order valence-electron chi connectivity index (χ2n) is 5.62. The number of anilines is 1. The topological polar surface area (TPSA) is 15.3 Å². The summed E-state index contributed by atoms with van der Waals surface area (Å²) >= 11 is 0. The van der Waals surface area contributed by atoms with Crippen molar-refractivity contribution in [3.63, 3.8) is 0 Å². The van der Waals surface area contributed by atoms with Gasteiger partial charge in [-0.3, -0.25) is 0 Å². The van der Waals surface area contributed by atoms with Crippen molar-refractivity contribution in [1.82, 2.24) is 5.32 Å². The molecule has 0 spiro atoms. The fraction of sp³-hybridized carbons (Fsp3) is 0.571. The van der Waals surface area contributed by atoms with Gasteiger partial charge < -0.3 is 10.2 Å². The van der Waals surface area contributed by atoms with Gasteiger partial charge in [-0.15, -0.1) is 0 Å². The Morgan fingerprint density at radius 1 is 1.41 bits per heavy atom. The first kappa shape index (κ1) is 12.4. The zero-order chi connectivity index (χ0) is 12.5. The van der Waals surface area contributed by atoms with Crippen LogP contribution < -0.4 is 10.2 Å². The van der Waals surface area contributed by atoms with E-state index in [0.717, 1.165) is 25.2 Å². The van der Waals surface area contributed by atoms with Gasteiger partial charge in [0.15, 0.2) is 0 Å². The zero-order valence-corrected chi connectivity index (χ0v) is 10.8. The minimum atomic E-state index is -0.162. The van der Waals surface area contributed by atoms with Gasteiger partial charge >= 0.3 is 0 Å². The van der Waals surface area contributed by atoms with Crippen molar-refractivity contribution in [3.8, 4) is 0 Å². The van der Waals surface area contributed by atoms with Crippen LogP contribution in [0.5, 0.6) is 0 Å². The predicted octanol–water partition coefficient (Wildman–Crippen LogP) is 2.79. The summed E-state index contributed by atoms with van der Waals surface area (Å²) in [4.78, 5) is 2.26. The monoisotopic (exact) mass is 236 g/mol. The Kier molecular flexibility index (Phi) is 3.38. The minimum Gasteiger partial charge on any atom is -0.370 e. The lowest BCUT2D eigenvalue weighted by atomic mass is 10.0. The molecular weight excluding hydrogens is 215 g/mol. The Labute approximate surface area is 103 Å². The molecule has 0 aromatic heterocycles. The number of nitrogens with zero attached hydrogens (tertiary/aromatic N) is 1. The van der Waals surface area contributed by atoms with E-state index in [1.807, 2.05) is 6.07 Å². The smallest absolute Gasteiger partial charge is 0.125 e. The number of benzene rings is 1. The number of halogens is 1. The van der Waals surface area contributed by atoms with Gasteiger partial charge in [-0.2, -0.15) is 0 Å². The molecule has 0 radical (unpaired) electrons. The minimum absolute atomic E-state index is 0.0578. The van der Waals surface area contributed by atoms with Crippen molar-refractivity contribution in [2.24, 2.45) is 0 Å². The second-order valence-corrected chi connectivity index (χ2v) is 5.62. The Balaban J connectivity index is 2.20. The Morgan fingerprint density at radius 3 is 2.88 bits per heavy atom. The van der Waals surface area contributed by atoms with Crippen molar-refractivity contribution in [2.45, 2.75) is 38.8 Å². The lowest BCUT2D eigenvalue weighted by molar-refractivity contribution is 0.368. The third-order valence-electron chi connectivity index (χ3n) is 3.23. The van der Waals surface area contributed by atoms with E-state index >= 15 is 0 Å². The first-order valence-corrected chi connectivity index (χ1v) is 6.24. The molecule has 1 aliphatic rings. The lowest BCUT2D eigenvalue weighted by Crippen LogP contribution is -2.48. The summed E-state index contributed by atoms with van der Waals surface area (Å²) in [5.41, 5.74) is 1.04. The fourth-order valence-corrected chi connectivity index (χ4v) is 2.58. The molecule has 0 saturated carbocycles. The molecule has 1 unspecified atom stereocenters. The molecule has 1 fully saturated rings. The zero-order valence-electron chi connectivity index (χ0n) is 10.8. The molecule has 17 heavy (non-hydrogen) atoms. The van der Waals surface area contributed by atoms with Gasteiger partial charge in [0.25, 0.3) is 0 Å². The average molecular weight is 236 g/mol. The van der Waals surface area contributed by atoms with Crippen molar-refractivity contribution in [2.75, 3.05) is 18.0 Å². The van der Waals surface area contributed by atoms with Crippen LogP contribution in [0.2, 0.25) is 0 Å². The Morgan fingerprint density at radius 2 is 2.18 bits per heavy atom. The molecule has 1 N–H and O–H groups in total. The first-order chi connectivity index (χ1) is 7.96. The summed E-state index contributed by atoms with van der Waals surface area (Å²) in [5.74, 6) is -0.162. The summed E-state index contributed by atoms with van der Waals surface area (Å²) in [7, 11) is 0. The molecule has 1 aromatic carbocycles. The maximum Gasteiger partial charge on any atom is 0.125 e. The fourth-order valence-electron chi connectivity index (χ4n) is 2.58. The molecule has 0 amide bonds. The van der Waals surface area contributed by atoms with E-state index in [0.29, 0.717) is 6.04 Å². The third-order valence-corrected chi connectivity index (χ3v) is 3.23. The van der Waals surface area contributed by atoms with Gasteiger partial charge in [0.2, 0.25) is 0 Å². The summed E-state index contributed by atoms with van der Waals surface area (Å²) < 4.78 is 13.3.